The summed E-state index contributed by atoms with van der Waals surface area (Å²) in [5.41, 5.74) is 2.55. The van der Waals surface area contributed by atoms with E-state index in [1.54, 1.807) is 27.7 Å². The first kappa shape index (κ1) is 22.1. The van der Waals surface area contributed by atoms with Crippen LogP contribution >= 0.6 is 11.8 Å². The number of cyclic esters (lactones) is 1. The van der Waals surface area contributed by atoms with Crippen molar-refractivity contribution in [2.45, 2.75) is 29.9 Å². The molecule has 1 fully saturated rings. The molecule has 3 aliphatic heterocycles. The van der Waals surface area contributed by atoms with Gasteiger partial charge in [-0.2, -0.15) is 0 Å². The van der Waals surface area contributed by atoms with Gasteiger partial charge >= 0.3 is 6.09 Å². The number of anilines is 2. The van der Waals surface area contributed by atoms with Gasteiger partial charge in [-0.3, -0.25) is 14.5 Å². The highest BCUT2D eigenvalue weighted by molar-refractivity contribution is 8.00. The number of rotatable bonds is 6. The summed E-state index contributed by atoms with van der Waals surface area (Å²) in [6.45, 7) is 1.96. The molecule has 0 unspecified atom stereocenters. The van der Waals surface area contributed by atoms with Gasteiger partial charge in [0.25, 0.3) is 5.56 Å². The maximum atomic E-state index is 14.6. The molecule has 2 N–H and O–H groups in total. The lowest BCUT2D eigenvalue weighted by atomic mass is 9.99. The fourth-order valence-corrected chi connectivity index (χ4v) is 5.89. The minimum Gasteiger partial charge on any atom is -0.444 e. The first-order valence-electron chi connectivity index (χ1n) is 11.6. The van der Waals surface area contributed by atoms with Crippen molar-refractivity contribution in [3.8, 4) is 0 Å². The van der Waals surface area contributed by atoms with Crippen LogP contribution in [0.1, 0.15) is 17.9 Å². The number of nitrogens with one attached hydrogen (secondary N) is 2. The monoisotopic (exact) mass is 494 g/mol. The van der Waals surface area contributed by atoms with Crippen molar-refractivity contribution in [3.05, 3.63) is 64.2 Å². The van der Waals surface area contributed by atoms with Crippen LogP contribution in [0.3, 0.4) is 0 Å². The smallest absolute Gasteiger partial charge is 0.414 e. The van der Waals surface area contributed by atoms with E-state index in [2.05, 4.69) is 10.6 Å². The minimum atomic E-state index is -0.413. The molecule has 1 aromatic heterocycles. The average Bonchev–Trinajstić information content (AvgIpc) is 3.42. The summed E-state index contributed by atoms with van der Waals surface area (Å²) in [5, 5.41) is 7.06. The molecule has 3 aromatic rings. The van der Waals surface area contributed by atoms with Gasteiger partial charge in [-0.05, 0) is 54.8 Å². The van der Waals surface area contributed by atoms with Gasteiger partial charge in [0.15, 0.2) is 0 Å². The second kappa shape index (κ2) is 8.69. The van der Waals surface area contributed by atoms with E-state index in [0.29, 0.717) is 60.8 Å². The number of carbonyl (C=O) groups excluding carboxylic acids is 2. The number of benzene rings is 2. The van der Waals surface area contributed by atoms with E-state index in [1.807, 2.05) is 12.1 Å². The van der Waals surface area contributed by atoms with E-state index in [1.165, 1.54) is 23.9 Å². The molecule has 0 radical (unpaired) electrons. The third-order valence-corrected chi connectivity index (χ3v) is 7.84. The van der Waals surface area contributed by atoms with E-state index < -0.39 is 6.09 Å². The molecule has 3 aliphatic rings. The van der Waals surface area contributed by atoms with E-state index in [0.717, 1.165) is 10.3 Å². The van der Waals surface area contributed by atoms with Crippen molar-refractivity contribution in [2.75, 3.05) is 35.6 Å². The molecule has 180 valence electrons. The fraction of sp³-hybridized carbons (Fsp3) is 0.320. The van der Waals surface area contributed by atoms with Crippen LogP contribution in [-0.2, 0) is 16.1 Å². The van der Waals surface area contributed by atoms with Gasteiger partial charge in [0, 0.05) is 41.2 Å². The zero-order valence-corrected chi connectivity index (χ0v) is 19.6. The van der Waals surface area contributed by atoms with Crippen LogP contribution in [0.15, 0.2) is 52.2 Å². The topological polar surface area (TPSA) is 92.7 Å². The van der Waals surface area contributed by atoms with Crippen LogP contribution in [0.4, 0.5) is 20.6 Å². The average molecular weight is 495 g/mol. The Balaban J connectivity index is 1.06. The van der Waals surface area contributed by atoms with Crippen LogP contribution < -0.4 is 21.1 Å². The summed E-state index contributed by atoms with van der Waals surface area (Å²) in [7, 11) is 0. The molecule has 0 bridgehead atoms. The molecular weight excluding hydrogens is 471 g/mol. The highest BCUT2D eigenvalue weighted by Crippen LogP contribution is 2.36. The minimum absolute atomic E-state index is 0.0565. The fourth-order valence-electron chi connectivity index (χ4n) is 5.11. The number of fused-ring (bicyclic) bond motifs is 1. The third kappa shape index (κ3) is 3.96. The Morgan fingerprint density at radius 3 is 2.86 bits per heavy atom. The number of thioether (sulfide) groups is 1. The molecule has 2 aromatic carbocycles. The molecule has 0 spiro atoms. The number of amides is 2. The van der Waals surface area contributed by atoms with Crippen molar-refractivity contribution >= 4 is 46.0 Å². The summed E-state index contributed by atoms with van der Waals surface area (Å²) in [5.74, 6) is -0.0985. The van der Waals surface area contributed by atoms with Gasteiger partial charge < -0.3 is 19.9 Å². The summed E-state index contributed by atoms with van der Waals surface area (Å²) in [6, 6.07) is 12.0. The maximum Gasteiger partial charge on any atom is 0.414 e. The SMILES string of the molecule is O=C1CSc2ccc(N3C[C@H](CCNC[C@@H]4Cn5c(=O)ccc6ccc(F)c4c65)OC3=O)cc2N1. The van der Waals surface area contributed by atoms with E-state index in [9.17, 15) is 18.8 Å². The van der Waals surface area contributed by atoms with E-state index in [-0.39, 0.29) is 29.3 Å². The number of aromatic nitrogens is 1. The summed E-state index contributed by atoms with van der Waals surface area (Å²) < 4.78 is 21.8. The zero-order valence-electron chi connectivity index (χ0n) is 18.8. The lowest BCUT2D eigenvalue weighted by Gasteiger charge is -2.20. The van der Waals surface area contributed by atoms with Gasteiger partial charge in [0.05, 0.1) is 23.5 Å². The normalized spacial score (nSPS) is 20.8. The predicted molar refractivity (Wildman–Crippen MR) is 132 cm³/mol. The largest absolute Gasteiger partial charge is 0.444 e. The number of pyridine rings is 1. The van der Waals surface area contributed by atoms with Gasteiger partial charge in [0.2, 0.25) is 5.91 Å². The summed E-state index contributed by atoms with van der Waals surface area (Å²) in [6.07, 6.45) is -0.0887. The first-order chi connectivity index (χ1) is 17.0. The van der Waals surface area contributed by atoms with Gasteiger partial charge in [-0.15, -0.1) is 11.8 Å². The molecule has 4 heterocycles. The van der Waals surface area contributed by atoms with Crippen LogP contribution in [0.2, 0.25) is 0 Å². The molecular formula is C25H23FN4O4S. The molecule has 8 nitrogen and oxygen atoms in total. The second-order valence-corrected chi connectivity index (χ2v) is 10.0. The maximum absolute atomic E-state index is 14.6. The van der Waals surface area contributed by atoms with Crippen LogP contribution in [0.25, 0.3) is 10.9 Å². The lowest BCUT2D eigenvalue weighted by molar-refractivity contribution is -0.113. The number of carbonyl (C=O) groups is 2. The lowest BCUT2D eigenvalue weighted by Crippen LogP contribution is -2.29. The van der Waals surface area contributed by atoms with Crippen molar-refractivity contribution < 1.29 is 18.7 Å². The number of hydrogen-bond acceptors (Lipinski definition) is 6. The molecule has 6 rings (SSSR count). The van der Waals surface area contributed by atoms with Crippen LogP contribution in [0.5, 0.6) is 0 Å². The Hall–Kier alpha value is -3.37. The number of nitrogens with zero attached hydrogens (tertiary/aromatic N) is 2. The standard InChI is InChI=1S/C25H23FN4O4S/c26-18-4-1-14-2-6-22(32)30-11-15(23(18)24(14)30)10-27-8-7-17-12-29(25(33)34-17)16-3-5-20-19(9-16)28-21(31)13-35-20/h1-6,9,15,17,27H,7-8,10-13H2,(H,28,31)/t15-,17+/m1/s1. The molecule has 10 heteroatoms. The number of halogens is 1. The Labute approximate surface area is 204 Å². The molecule has 2 atom stereocenters. The van der Waals surface area contributed by atoms with Crippen molar-refractivity contribution in [3.63, 3.8) is 0 Å². The first-order valence-corrected chi connectivity index (χ1v) is 12.5. The Morgan fingerprint density at radius 1 is 1.11 bits per heavy atom. The van der Waals surface area contributed by atoms with Crippen molar-refractivity contribution in [1.29, 1.82) is 0 Å². The quantitative estimate of drug-likeness (QED) is 0.511. The van der Waals surface area contributed by atoms with Gasteiger partial charge in [-0.1, -0.05) is 0 Å². The molecule has 35 heavy (non-hydrogen) atoms. The zero-order chi connectivity index (χ0) is 24.1. The molecule has 2 amide bonds. The number of hydrogen-bond donors (Lipinski definition) is 2. The second-order valence-electron chi connectivity index (χ2n) is 9.00. The summed E-state index contributed by atoms with van der Waals surface area (Å²) in [4.78, 5) is 39.0. The molecule has 0 aliphatic carbocycles. The highest BCUT2D eigenvalue weighted by Gasteiger charge is 2.33. The van der Waals surface area contributed by atoms with Crippen molar-refractivity contribution in [1.82, 2.24) is 9.88 Å². The predicted octanol–water partition coefficient (Wildman–Crippen LogP) is 3.29. The van der Waals surface area contributed by atoms with Crippen molar-refractivity contribution in [2.24, 2.45) is 0 Å². The van der Waals surface area contributed by atoms with E-state index in [4.69, 9.17) is 4.74 Å². The van der Waals surface area contributed by atoms with Gasteiger partial charge in [0.1, 0.15) is 11.9 Å². The van der Waals surface area contributed by atoms with Crippen LogP contribution in [-0.4, -0.2) is 48.1 Å². The van der Waals surface area contributed by atoms with E-state index >= 15 is 0 Å². The Kier molecular flexibility index (Phi) is 5.49. The number of ether oxygens (including phenoxy) is 1. The van der Waals surface area contributed by atoms with Crippen LogP contribution in [0, 0.1) is 5.82 Å². The summed E-state index contributed by atoms with van der Waals surface area (Å²) >= 11 is 1.47. The van der Waals surface area contributed by atoms with Gasteiger partial charge in [-0.25, -0.2) is 9.18 Å². The molecule has 1 saturated heterocycles. The third-order valence-electron chi connectivity index (χ3n) is 6.76. The highest BCUT2D eigenvalue weighted by atomic mass is 32.2. The Bertz CT molecular complexity index is 1420. The Morgan fingerprint density at radius 2 is 1.97 bits per heavy atom. The molecule has 0 saturated carbocycles.